The summed E-state index contributed by atoms with van der Waals surface area (Å²) in [7, 11) is 0. The Labute approximate surface area is 292 Å². The van der Waals surface area contributed by atoms with E-state index in [9.17, 15) is 20.1 Å². The monoisotopic (exact) mass is 680 g/mol. The van der Waals surface area contributed by atoms with Crippen LogP contribution in [0.4, 0.5) is 0 Å². The molecule has 9 heteroatoms. The molecule has 4 unspecified atom stereocenters. The molecule has 272 valence electrons. The lowest BCUT2D eigenvalue weighted by molar-refractivity contribution is -0.245. The number of hydrogen-bond acceptors (Lipinski definition) is 8. The molecule has 7 fully saturated rings. The van der Waals surface area contributed by atoms with Crippen molar-refractivity contribution in [3.05, 3.63) is 30.1 Å². The highest BCUT2D eigenvalue weighted by Crippen LogP contribution is 2.89. The number of ether oxygens (including phenoxy) is 3. The number of carbonyl (C=O) groups excluding carboxylic acids is 1. The molecule has 2 saturated heterocycles. The highest BCUT2D eigenvalue weighted by Gasteiger charge is 2.84. The van der Waals surface area contributed by atoms with Gasteiger partial charge in [0.2, 0.25) is 0 Å². The summed E-state index contributed by atoms with van der Waals surface area (Å²) >= 11 is 0. The van der Waals surface area contributed by atoms with Crippen molar-refractivity contribution < 1.29 is 34.3 Å². The molecule has 0 aromatic carbocycles. The number of hydrogen-bond donors (Lipinski definition) is 3. The number of morpholine rings is 1. The van der Waals surface area contributed by atoms with Crippen LogP contribution in [0.3, 0.4) is 0 Å². The van der Waals surface area contributed by atoms with E-state index in [1.165, 1.54) is 12.8 Å². The van der Waals surface area contributed by atoms with Crippen LogP contribution < -0.4 is 0 Å². The van der Waals surface area contributed by atoms with E-state index in [0.29, 0.717) is 43.5 Å². The van der Waals surface area contributed by atoms with Gasteiger partial charge in [0.15, 0.2) is 6.29 Å². The first-order valence-corrected chi connectivity index (χ1v) is 19.2. The average Bonchev–Trinajstić information content (AvgIpc) is 3.70. The summed E-state index contributed by atoms with van der Waals surface area (Å²) in [5.74, 6) is 1.46. The van der Waals surface area contributed by atoms with E-state index in [1.54, 1.807) is 38.4 Å². The fraction of sp³-hybridized carbons (Fsp3) is 0.850. The summed E-state index contributed by atoms with van der Waals surface area (Å²) in [6, 6.07) is 3.52. The maximum atomic E-state index is 13.2. The van der Waals surface area contributed by atoms with Crippen molar-refractivity contribution in [2.45, 2.75) is 142 Å². The molecular weight excluding hydrogens is 620 g/mol. The molecule has 14 atom stereocenters. The molecule has 0 bridgehead atoms. The lowest BCUT2D eigenvalue weighted by Gasteiger charge is -2.64. The number of amides is 1. The van der Waals surface area contributed by atoms with Crippen LogP contribution >= 0.6 is 0 Å². The Morgan fingerprint density at radius 3 is 2.47 bits per heavy atom. The van der Waals surface area contributed by atoms with Gasteiger partial charge in [-0.1, -0.05) is 34.6 Å². The predicted molar refractivity (Wildman–Crippen MR) is 183 cm³/mol. The fourth-order valence-corrected chi connectivity index (χ4v) is 14.0. The fourth-order valence-electron chi connectivity index (χ4n) is 14.0. The van der Waals surface area contributed by atoms with Crippen molar-refractivity contribution >= 4 is 5.91 Å². The van der Waals surface area contributed by atoms with Crippen molar-refractivity contribution in [2.75, 3.05) is 19.7 Å². The van der Waals surface area contributed by atoms with Crippen molar-refractivity contribution in [1.82, 2.24) is 9.88 Å². The van der Waals surface area contributed by atoms with Crippen LogP contribution in [0.1, 0.15) is 110 Å². The number of pyridine rings is 1. The molecule has 2 aliphatic heterocycles. The summed E-state index contributed by atoms with van der Waals surface area (Å²) in [6.07, 6.45) is 9.09. The van der Waals surface area contributed by atoms with Crippen LogP contribution in [0.15, 0.2) is 24.5 Å². The summed E-state index contributed by atoms with van der Waals surface area (Å²) in [5.41, 5.74) is -0.513. The SMILES string of the molecule is C[C@@H]1CC([C@H](O)C(C)(C)O)OC2[C@H]1[C@@]1(C)CC[C@@]34C[C@@]35CCC(O[C@H]3CN(C(=O)c6ccncc6)CCO3)C(C)(C)[C@@H]5CCC4[C@]1(C)[C@H]2O. The first-order valence-electron chi connectivity index (χ1n) is 19.2. The van der Waals surface area contributed by atoms with Crippen molar-refractivity contribution in [3.8, 4) is 0 Å². The molecule has 1 aromatic heterocycles. The van der Waals surface area contributed by atoms with E-state index in [2.05, 4.69) is 39.6 Å². The Morgan fingerprint density at radius 1 is 1.06 bits per heavy atom. The topological polar surface area (TPSA) is 122 Å². The third-order valence-electron chi connectivity index (χ3n) is 16.4. The number of rotatable bonds is 5. The Morgan fingerprint density at radius 2 is 1.76 bits per heavy atom. The van der Waals surface area contributed by atoms with Gasteiger partial charge in [0.05, 0.1) is 43.2 Å². The zero-order valence-electron chi connectivity index (χ0n) is 30.7. The van der Waals surface area contributed by atoms with Crippen molar-refractivity contribution in [2.24, 2.45) is 50.7 Å². The predicted octanol–water partition coefficient (Wildman–Crippen LogP) is 5.21. The number of aromatic nitrogens is 1. The van der Waals surface area contributed by atoms with E-state index in [1.807, 2.05) is 4.90 Å². The third kappa shape index (κ3) is 4.64. The second-order valence-electron chi connectivity index (χ2n) is 19.1. The van der Waals surface area contributed by atoms with Gasteiger partial charge in [0, 0.05) is 29.9 Å². The van der Waals surface area contributed by atoms with Crippen LogP contribution in [-0.2, 0) is 14.2 Å². The number of nitrogens with zero attached hydrogens (tertiary/aromatic N) is 2. The maximum Gasteiger partial charge on any atom is 0.254 e. The summed E-state index contributed by atoms with van der Waals surface area (Å²) < 4.78 is 19.7. The minimum Gasteiger partial charge on any atom is -0.390 e. The average molecular weight is 681 g/mol. The van der Waals surface area contributed by atoms with E-state index < -0.39 is 30.2 Å². The molecule has 8 rings (SSSR count). The van der Waals surface area contributed by atoms with E-state index in [-0.39, 0.29) is 57.0 Å². The normalized spacial score (nSPS) is 49.1. The highest BCUT2D eigenvalue weighted by atomic mass is 16.7. The second kappa shape index (κ2) is 11.2. The largest absolute Gasteiger partial charge is 0.390 e. The molecule has 7 aliphatic rings. The van der Waals surface area contributed by atoms with E-state index in [4.69, 9.17) is 14.2 Å². The minimum atomic E-state index is -1.26. The van der Waals surface area contributed by atoms with Crippen LogP contribution in [0.2, 0.25) is 0 Å². The maximum absolute atomic E-state index is 13.2. The van der Waals surface area contributed by atoms with Crippen LogP contribution in [-0.4, -0.2) is 93.2 Å². The number of fused-ring (bicyclic) bond motifs is 4. The Bertz CT molecular complexity index is 1450. The number of aliphatic hydroxyl groups excluding tert-OH is 2. The van der Waals surface area contributed by atoms with Gasteiger partial charge < -0.3 is 34.4 Å². The molecule has 3 N–H and O–H groups in total. The summed E-state index contributed by atoms with van der Waals surface area (Å²) in [6.45, 7) is 16.7. The van der Waals surface area contributed by atoms with Gasteiger partial charge in [0.25, 0.3) is 5.91 Å². The van der Waals surface area contributed by atoms with Gasteiger partial charge in [-0.3, -0.25) is 9.78 Å². The minimum absolute atomic E-state index is 0.00475. The molecular formula is C40H60N2O7. The van der Waals surface area contributed by atoms with Gasteiger partial charge in [0.1, 0.15) is 6.10 Å². The van der Waals surface area contributed by atoms with Crippen LogP contribution in [0, 0.1) is 50.7 Å². The highest BCUT2D eigenvalue weighted by molar-refractivity contribution is 5.94. The molecule has 49 heavy (non-hydrogen) atoms. The molecule has 1 aromatic rings. The molecule has 1 amide bonds. The zero-order valence-corrected chi connectivity index (χ0v) is 30.7. The smallest absolute Gasteiger partial charge is 0.254 e. The summed E-state index contributed by atoms with van der Waals surface area (Å²) in [4.78, 5) is 19.1. The first kappa shape index (κ1) is 34.5. The van der Waals surface area contributed by atoms with Gasteiger partial charge >= 0.3 is 0 Å². The molecule has 5 saturated carbocycles. The van der Waals surface area contributed by atoms with Crippen molar-refractivity contribution in [3.63, 3.8) is 0 Å². The first-order chi connectivity index (χ1) is 23.0. The van der Waals surface area contributed by atoms with Gasteiger partial charge in [-0.05, 0) is 123 Å². The van der Waals surface area contributed by atoms with Crippen LogP contribution in [0.25, 0.3) is 0 Å². The van der Waals surface area contributed by atoms with E-state index in [0.717, 1.165) is 32.1 Å². The Balaban J connectivity index is 1.00. The Kier molecular flexibility index (Phi) is 7.87. The lowest BCUT2D eigenvalue weighted by Crippen LogP contribution is -2.60. The van der Waals surface area contributed by atoms with Gasteiger partial charge in [-0.2, -0.15) is 0 Å². The standard InChI is InChI=1S/C40H60N2O7/c1-23-20-25(32(43)36(4,5)46)48-31-30(23)37(6)14-15-40-22-39(40)13-10-28(35(2,3)26(39)8-9-27(40)38(37,7)33(31)44)49-29-21-42(18-19-47-29)34(45)24-11-16-41-17-12-24/h11-12,16-17,23,25-33,43-44,46H,8-10,13-15,18-22H2,1-7H3/t23-,25?,26+,27?,28?,29+,30+,31?,32+,33+,37-,38-,39-,40+/m1/s1. The van der Waals surface area contributed by atoms with Gasteiger partial charge in [-0.15, -0.1) is 0 Å². The molecule has 2 spiro atoms. The quantitative estimate of drug-likeness (QED) is 0.388. The van der Waals surface area contributed by atoms with Crippen molar-refractivity contribution in [1.29, 1.82) is 0 Å². The Hall–Kier alpha value is -1.62. The second-order valence-corrected chi connectivity index (χ2v) is 19.1. The number of aliphatic hydroxyl groups is 3. The molecule has 5 aliphatic carbocycles. The molecule has 0 radical (unpaired) electrons. The van der Waals surface area contributed by atoms with Gasteiger partial charge in [-0.25, -0.2) is 0 Å². The summed E-state index contributed by atoms with van der Waals surface area (Å²) in [5, 5.41) is 34.2. The third-order valence-corrected chi connectivity index (χ3v) is 16.4. The van der Waals surface area contributed by atoms with E-state index >= 15 is 0 Å². The number of carbonyl (C=O) groups is 1. The molecule has 9 nitrogen and oxygen atoms in total. The zero-order chi connectivity index (χ0) is 34.9. The molecule has 3 heterocycles. The van der Waals surface area contributed by atoms with Crippen LogP contribution in [0.5, 0.6) is 0 Å². The lowest BCUT2D eigenvalue weighted by atomic mass is 9.41.